The van der Waals surface area contributed by atoms with Gasteiger partial charge in [-0.1, -0.05) is 6.07 Å². The number of benzene rings is 1. The fourth-order valence-corrected chi connectivity index (χ4v) is 3.09. The van der Waals surface area contributed by atoms with Crippen LogP contribution >= 0.6 is 27.3 Å². The predicted octanol–water partition coefficient (Wildman–Crippen LogP) is 4.02. The van der Waals surface area contributed by atoms with Crippen LogP contribution in [0.25, 0.3) is 0 Å². The van der Waals surface area contributed by atoms with Crippen LogP contribution in [-0.2, 0) is 6.54 Å². The summed E-state index contributed by atoms with van der Waals surface area (Å²) in [5.74, 6) is 0. The van der Waals surface area contributed by atoms with Crippen molar-refractivity contribution in [3.8, 4) is 6.07 Å². The molecule has 0 unspecified atom stereocenters. The highest BCUT2D eigenvalue weighted by Gasteiger charge is 2.06. The van der Waals surface area contributed by atoms with Gasteiger partial charge in [-0.2, -0.15) is 5.26 Å². The molecule has 1 heterocycles. The van der Waals surface area contributed by atoms with E-state index in [4.69, 9.17) is 5.26 Å². The summed E-state index contributed by atoms with van der Waals surface area (Å²) < 4.78 is 1.14. The van der Waals surface area contributed by atoms with Crippen LogP contribution < -0.4 is 4.90 Å². The fourth-order valence-electron chi connectivity index (χ4n) is 1.56. The summed E-state index contributed by atoms with van der Waals surface area (Å²) in [7, 11) is 2.03. The second-order valence-corrected chi connectivity index (χ2v) is 5.56. The summed E-state index contributed by atoms with van der Waals surface area (Å²) in [6, 6.07) is 11.9. The van der Waals surface area contributed by atoms with Gasteiger partial charge in [-0.3, -0.25) is 0 Å². The average molecular weight is 307 g/mol. The van der Waals surface area contributed by atoms with E-state index in [2.05, 4.69) is 38.3 Å². The van der Waals surface area contributed by atoms with E-state index in [-0.39, 0.29) is 0 Å². The largest absolute Gasteiger partial charge is 0.369 e. The number of nitriles is 1. The molecule has 0 bridgehead atoms. The minimum absolute atomic E-state index is 0.694. The van der Waals surface area contributed by atoms with Gasteiger partial charge in [0.15, 0.2) is 0 Å². The van der Waals surface area contributed by atoms with E-state index in [9.17, 15) is 0 Å². The molecule has 2 rings (SSSR count). The number of hydrogen-bond donors (Lipinski definition) is 0. The van der Waals surface area contributed by atoms with Crippen molar-refractivity contribution < 1.29 is 0 Å². The highest BCUT2D eigenvalue weighted by atomic mass is 79.9. The lowest BCUT2D eigenvalue weighted by atomic mass is 10.2. The molecule has 17 heavy (non-hydrogen) atoms. The number of rotatable bonds is 3. The topological polar surface area (TPSA) is 27.0 Å². The van der Waals surface area contributed by atoms with E-state index in [0.29, 0.717) is 5.56 Å². The Morgan fingerprint density at radius 3 is 2.88 bits per heavy atom. The Bertz CT molecular complexity index is 557. The summed E-state index contributed by atoms with van der Waals surface area (Å²) in [6.45, 7) is 0.840. The highest BCUT2D eigenvalue weighted by Crippen LogP contribution is 2.26. The van der Waals surface area contributed by atoms with E-state index >= 15 is 0 Å². The van der Waals surface area contributed by atoms with Gasteiger partial charge in [0.05, 0.1) is 18.2 Å². The van der Waals surface area contributed by atoms with Crippen LogP contribution in [0.5, 0.6) is 0 Å². The first kappa shape index (κ1) is 12.2. The van der Waals surface area contributed by atoms with Gasteiger partial charge in [0.2, 0.25) is 0 Å². The van der Waals surface area contributed by atoms with Gasteiger partial charge < -0.3 is 4.90 Å². The summed E-state index contributed by atoms with van der Waals surface area (Å²) >= 11 is 5.26. The molecule has 0 saturated carbocycles. The molecule has 1 aromatic heterocycles. The van der Waals surface area contributed by atoms with Gasteiger partial charge in [-0.15, -0.1) is 11.3 Å². The van der Waals surface area contributed by atoms with Crippen LogP contribution in [0.3, 0.4) is 0 Å². The zero-order chi connectivity index (χ0) is 12.3. The van der Waals surface area contributed by atoms with Crippen molar-refractivity contribution in [2.24, 2.45) is 0 Å². The Morgan fingerprint density at radius 2 is 2.24 bits per heavy atom. The molecular weight excluding hydrogens is 296 g/mol. The van der Waals surface area contributed by atoms with Crippen LogP contribution in [0.2, 0.25) is 0 Å². The van der Waals surface area contributed by atoms with Gasteiger partial charge in [-0.25, -0.2) is 0 Å². The van der Waals surface area contributed by atoms with Gasteiger partial charge in [0, 0.05) is 22.1 Å². The molecule has 1 aromatic carbocycles. The second-order valence-electron chi connectivity index (χ2n) is 3.71. The summed E-state index contributed by atoms with van der Waals surface area (Å²) in [6.07, 6.45) is 0. The average Bonchev–Trinajstić information content (AvgIpc) is 2.75. The first-order valence-corrected chi connectivity index (χ1v) is 6.81. The van der Waals surface area contributed by atoms with E-state index in [1.54, 1.807) is 11.3 Å². The Kier molecular flexibility index (Phi) is 3.82. The first-order chi connectivity index (χ1) is 8.20. The predicted molar refractivity (Wildman–Crippen MR) is 75.3 cm³/mol. The molecule has 0 N–H and O–H groups in total. The smallest absolute Gasteiger partial charge is 0.0992 e. The number of anilines is 1. The van der Waals surface area contributed by atoms with Crippen molar-refractivity contribution in [2.75, 3.05) is 11.9 Å². The molecular formula is C13H11BrN2S. The van der Waals surface area contributed by atoms with Crippen LogP contribution in [-0.4, -0.2) is 7.05 Å². The Balaban J connectivity index is 2.17. The molecule has 2 aromatic rings. The lowest BCUT2D eigenvalue weighted by Crippen LogP contribution is -2.15. The van der Waals surface area contributed by atoms with Crippen molar-refractivity contribution in [1.29, 1.82) is 5.26 Å². The molecule has 0 spiro atoms. The number of nitrogens with zero attached hydrogens (tertiary/aromatic N) is 2. The molecule has 2 nitrogen and oxygen atoms in total. The highest BCUT2D eigenvalue weighted by molar-refractivity contribution is 9.10. The van der Waals surface area contributed by atoms with Gasteiger partial charge in [-0.05, 0) is 45.6 Å². The molecule has 0 atom stereocenters. The van der Waals surface area contributed by atoms with E-state index < -0.39 is 0 Å². The molecule has 0 aliphatic carbocycles. The number of halogens is 1. The summed E-state index contributed by atoms with van der Waals surface area (Å²) in [5, 5.41) is 10.9. The van der Waals surface area contributed by atoms with Crippen LogP contribution in [0.1, 0.15) is 10.4 Å². The minimum Gasteiger partial charge on any atom is -0.369 e. The third kappa shape index (κ3) is 2.87. The Morgan fingerprint density at radius 1 is 1.41 bits per heavy atom. The van der Waals surface area contributed by atoms with E-state index in [1.165, 1.54) is 4.88 Å². The van der Waals surface area contributed by atoms with Crippen LogP contribution in [0, 0.1) is 11.3 Å². The molecule has 86 valence electrons. The lowest BCUT2D eigenvalue weighted by Gasteiger charge is -2.18. The Labute approximate surface area is 113 Å². The monoisotopic (exact) mass is 306 g/mol. The van der Waals surface area contributed by atoms with E-state index in [1.807, 2.05) is 31.3 Å². The molecule has 0 amide bonds. The van der Waals surface area contributed by atoms with Crippen molar-refractivity contribution >= 4 is 33.0 Å². The van der Waals surface area contributed by atoms with Gasteiger partial charge in [0.25, 0.3) is 0 Å². The summed E-state index contributed by atoms with van der Waals surface area (Å²) in [5.41, 5.74) is 1.75. The molecule has 0 aliphatic rings. The minimum atomic E-state index is 0.694. The maximum absolute atomic E-state index is 8.87. The zero-order valence-electron chi connectivity index (χ0n) is 9.35. The third-order valence-corrected chi connectivity index (χ3v) is 4.40. The molecule has 0 aliphatic heterocycles. The van der Waals surface area contributed by atoms with Crippen LogP contribution in [0.15, 0.2) is 40.2 Å². The summed E-state index contributed by atoms with van der Waals surface area (Å²) in [4.78, 5) is 3.42. The lowest BCUT2D eigenvalue weighted by molar-refractivity contribution is 0.936. The standard InChI is InChI=1S/C13H11BrN2S/c1-16(9-13-12(14)5-6-17-13)11-4-2-3-10(7-11)8-15/h2-7H,9H2,1H3. The SMILES string of the molecule is CN(Cc1sccc1Br)c1cccc(C#N)c1. The molecule has 0 saturated heterocycles. The normalized spacial score (nSPS) is 9.94. The Hall–Kier alpha value is -1.31. The number of thiophene rings is 1. The van der Waals surface area contributed by atoms with Crippen molar-refractivity contribution in [2.45, 2.75) is 6.54 Å². The van der Waals surface area contributed by atoms with Crippen LogP contribution in [0.4, 0.5) is 5.69 Å². The first-order valence-electron chi connectivity index (χ1n) is 5.14. The van der Waals surface area contributed by atoms with Gasteiger partial charge >= 0.3 is 0 Å². The quantitative estimate of drug-likeness (QED) is 0.856. The maximum atomic E-state index is 8.87. The van der Waals surface area contributed by atoms with E-state index in [0.717, 1.165) is 16.7 Å². The van der Waals surface area contributed by atoms with Crippen molar-refractivity contribution in [1.82, 2.24) is 0 Å². The zero-order valence-corrected chi connectivity index (χ0v) is 11.8. The molecule has 0 radical (unpaired) electrons. The maximum Gasteiger partial charge on any atom is 0.0992 e. The molecule has 0 fully saturated rings. The van der Waals surface area contributed by atoms with Crippen molar-refractivity contribution in [3.05, 3.63) is 50.6 Å². The molecule has 4 heteroatoms. The fraction of sp³-hybridized carbons (Fsp3) is 0.154. The van der Waals surface area contributed by atoms with Gasteiger partial charge in [0.1, 0.15) is 0 Å². The van der Waals surface area contributed by atoms with Crippen molar-refractivity contribution in [3.63, 3.8) is 0 Å². The number of hydrogen-bond acceptors (Lipinski definition) is 3. The third-order valence-electron chi connectivity index (χ3n) is 2.49. The second kappa shape index (κ2) is 5.35.